The van der Waals surface area contributed by atoms with E-state index in [4.69, 9.17) is 10.8 Å². The highest BCUT2D eigenvalue weighted by Crippen LogP contribution is 2.13. The monoisotopic (exact) mass is 237 g/mol. The summed E-state index contributed by atoms with van der Waals surface area (Å²) < 4.78 is 4.52. The minimum atomic E-state index is -1.00. The number of ether oxygens (including phenoxy) is 1. The van der Waals surface area contributed by atoms with Crippen molar-refractivity contribution in [2.75, 3.05) is 7.11 Å². The fourth-order valence-corrected chi connectivity index (χ4v) is 1.50. The second-order valence-corrected chi connectivity index (χ2v) is 3.78. The number of carboxylic acid groups (broad SMARTS) is 1. The molecule has 1 atom stereocenters. The molecule has 0 spiro atoms. The Balaban J connectivity index is 2.93. The lowest BCUT2D eigenvalue weighted by Gasteiger charge is -2.11. The van der Waals surface area contributed by atoms with Crippen LogP contribution in [0.1, 0.15) is 21.5 Å². The van der Waals surface area contributed by atoms with E-state index in [-0.39, 0.29) is 12.0 Å². The molecule has 5 heteroatoms. The maximum absolute atomic E-state index is 11.2. The summed E-state index contributed by atoms with van der Waals surface area (Å²) in [5.74, 6) is -1.51. The number of nitrogens with two attached hydrogens (primary N) is 1. The molecular weight excluding hydrogens is 222 g/mol. The van der Waals surface area contributed by atoms with Crippen LogP contribution in [0.5, 0.6) is 0 Å². The molecule has 17 heavy (non-hydrogen) atoms. The first-order valence-electron chi connectivity index (χ1n) is 5.12. The fourth-order valence-electron chi connectivity index (χ4n) is 1.50. The van der Waals surface area contributed by atoms with Gasteiger partial charge in [-0.3, -0.25) is 4.79 Å². The summed E-state index contributed by atoms with van der Waals surface area (Å²) in [5.41, 5.74) is 7.45. The molecule has 0 amide bonds. The van der Waals surface area contributed by atoms with E-state index in [2.05, 4.69) is 4.74 Å². The van der Waals surface area contributed by atoms with E-state index >= 15 is 0 Å². The Morgan fingerprint density at radius 3 is 2.65 bits per heavy atom. The topological polar surface area (TPSA) is 89.6 Å². The number of rotatable bonds is 4. The van der Waals surface area contributed by atoms with Gasteiger partial charge in [0.15, 0.2) is 0 Å². The van der Waals surface area contributed by atoms with Gasteiger partial charge >= 0.3 is 11.9 Å². The third kappa shape index (κ3) is 3.29. The number of hydrogen-bond donors (Lipinski definition) is 2. The van der Waals surface area contributed by atoms with Crippen LogP contribution in [0, 0.1) is 6.92 Å². The quantitative estimate of drug-likeness (QED) is 0.754. The average molecular weight is 237 g/mol. The molecule has 0 aliphatic rings. The Morgan fingerprint density at radius 2 is 2.12 bits per heavy atom. The van der Waals surface area contributed by atoms with Gasteiger partial charge in [0.2, 0.25) is 0 Å². The smallest absolute Gasteiger partial charge is 0.335 e. The first kappa shape index (κ1) is 13.2. The molecule has 3 N–H and O–H groups in total. The van der Waals surface area contributed by atoms with Crippen LogP contribution in [0.4, 0.5) is 0 Å². The molecule has 0 saturated heterocycles. The van der Waals surface area contributed by atoms with E-state index in [1.807, 2.05) is 6.92 Å². The van der Waals surface area contributed by atoms with Crippen LogP contribution in [-0.4, -0.2) is 30.2 Å². The molecular formula is C12H15NO4. The van der Waals surface area contributed by atoms with E-state index in [1.165, 1.54) is 19.2 Å². The van der Waals surface area contributed by atoms with Crippen LogP contribution in [0.15, 0.2) is 18.2 Å². The number of hydrogen-bond acceptors (Lipinski definition) is 4. The van der Waals surface area contributed by atoms with E-state index < -0.39 is 18.0 Å². The molecule has 1 rings (SSSR count). The van der Waals surface area contributed by atoms with Gasteiger partial charge in [-0.15, -0.1) is 0 Å². The Kier molecular flexibility index (Phi) is 4.23. The molecule has 92 valence electrons. The van der Waals surface area contributed by atoms with Gasteiger partial charge in [0.1, 0.15) is 6.04 Å². The zero-order chi connectivity index (χ0) is 13.0. The number of methoxy groups -OCH3 is 1. The summed E-state index contributed by atoms with van der Waals surface area (Å²) in [6, 6.07) is 3.97. The van der Waals surface area contributed by atoms with Crippen molar-refractivity contribution in [3.8, 4) is 0 Å². The minimum Gasteiger partial charge on any atom is -0.478 e. The molecule has 1 aromatic carbocycles. The SMILES string of the molecule is COC(=O)[C@@H](N)Cc1cc(C(=O)O)ccc1C. The van der Waals surface area contributed by atoms with Crippen molar-refractivity contribution in [3.05, 3.63) is 34.9 Å². The third-order valence-electron chi connectivity index (χ3n) is 2.54. The van der Waals surface area contributed by atoms with Crippen molar-refractivity contribution in [3.63, 3.8) is 0 Å². The van der Waals surface area contributed by atoms with Gasteiger partial charge in [0.25, 0.3) is 0 Å². The Hall–Kier alpha value is -1.88. The normalized spacial score (nSPS) is 11.9. The number of carbonyl (C=O) groups is 2. The summed E-state index contributed by atoms with van der Waals surface area (Å²) >= 11 is 0. The molecule has 5 nitrogen and oxygen atoms in total. The fraction of sp³-hybridized carbons (Fsp3) is 0.333. The Morgan fingerprint density at radius 1 is 1.47 bits per heavy atom. The molecule has 0 aromatic heterocycles. The lowest BCUT2D eigenvalue weighted by Crippen LogP contribution is -2.33. The summed E-state index contributed by atoms with van der Waals surface area (Å²) in [5, 5.41) is 8.87. The van der Waals surface area contributed by atoms with Gasteiger partial charge in [-0.1, -0.05) is 6.07 Å². The van der Waals surface area contributed by atoms with Gasteiger partial charge in [0.05, 0.1) is 12.7 Å². The minimum absolute atomic E-state index is 0.183. The predicted molar refractivity (Wildman–Crippen MR) is 61.8 cm³/mol. The lowest BCUT2D eigenvalue weighted by molar-refractivity contribution is -0.142. The average Bonchev–Trinajstić information content (AvgIpc) is 2.30. The van der Waals surface area contributed by atoms with Crippen molar-refractivity contribution in [2.45, 2.75) is 19.4 Å². The standard InChI is InChI=1S/C12H15NO4/c1-7-3-4-8(11(14)15)5-9(7)6-10(13)12(16)17-2/h3-5,10H,6,13H2,1-2H3,(H,14,15)/t10-/m0/s1. The van der Waals surface area contributed by atoms with Crippen LogP contribution >= 0.6 is 0 Å². The van der Waals surface area contributed by atoms with E-state index in [1.54, 1.807) is 6.07 Å². The Labute approximate surface area is 99.2 Å². The van der Waals surface area contributed by atoms with E-state index in [0.717, 1.165) is 11.1 Å². The van der Waals surface area contributed by atoms with Crippen molar-refractivity contribution in [1.29, 1.82) is 0 Å². The number of benzene rings is 1. The summed E-state index contributed by atoms with van der Waals surface area (Å²) in [6.45, 7) is 1.84. The zero-order valence-electron chi connectivity index (χ0n) is 9.77. The molecule has 0 radical (unpaired) electrons. The second kappa shape index (κ2) is 5.45. The van der Waals surface area contributed by atoms with Gasteiger partial charge in [-0.05, 0) is 36.6 Å². The molecule has 0 aliphatic carbocycles. The van der Waals surface area contributed by atoms with Gasteiger partial charge in [-0.2, -0.15) is 0 Å². The highest BCUT2D eigenvalue weighted by atomic mass is 16.5. The molecule has 0 aliphatic heterocycles. The number of carboxylic acids is 1. The first-order chi connectivity index (χ1) is 7.95. The van der Waals surface area contributed by atoms with Crippen LogP contribution in [0.25, 0.3) is 0 Å². The molecule has 0 bridgehead atoms. The first-order valence-corrected chi connectivity index (χ1v) is 5.12. The third-order valence-corrected chi connectivity index (χ3v) is 2.54. The number of aryl methyl sites for hydroxylation is 1. The molecule has 0 saturated carbocycles. The van der Waals surface area contributed by atoms with Crippen molar-refractivity contribution in [1.82, 2.24) is 0 Å². The van der Waals surface area contributed by atoms with Gasteiger partial charge < -0.3 is 15.6 Å². The predicted octanol–water partition coefficient (Wildman–Crippen LogP) is 0.736. The highest BCUT2D eigenvalue weighted by Gasteiger charge is 2.16. The summed E-state index contributed by atoms with van der Waals surface area (Å²) in [7, 11) is 1.27. The van der Waals surface area contributed by atoms with Crippen LogP contribution in [0.3, 0.4) is 0 Å². The summed E-state index contributed by atoms with van der Waals surface area (Å²) in [6.07, 6.45) is 0.264. The van der Waals surface area contributed by atoms with Crippen LogP contribution in [0.2, 0.25) is 0 Å². The van der Waals surface area contributed by atoms with Gasteiger partial charge in [0, 0.05) is 0 Å². The molecule has 1 aromatic rings. The second-order valence-electron chi connectivity index (χ2n) is 3.78. The van der Waals surface area contributed by atoms with E-state index in [9.17, 15) is 9.59 Å². The molecule has 0 fully saturated rings. The summed E-state index contributed by atoms with van der Waals surface area (Å²) in [4.78, 5) is 22.0. The highest BCUT2D eigenvalue weighted by molar-refractivity contribution is 5.88. The lowest BCUT2D eigenvalue weighted by atomic mass is 9.99. The maximum Gasteiger partial charge on any atom is 0.335 e. The van der Waals surface area contributed by atoms with Crippen molar-refractivity contribution in [2.24, 2.45) is 5.73 Å². The van der Waals surface area contributed by atoms with Gasteiger partial charge in [-0.25, -0.2) is 4.79 Å². The Bertz CT molecular complexity index is 442. The van der Waals surface area contributed by atoms with Crippen LogP contribution < -0.4 is 5.73 Å². The largest absolute Gasteiger partial charge is 0.478 e. The molecule has 0 heterocycles. The van der Waals surface area contributed by atoms with Crippen molar-refractivity contribution >= 4 is 11.9 Å². The maximum atomic E-state index is 11.2. The number of aromatic carboxylic acids is 1. The number of carbonyl (C=O) groups excluding carboxylic acids is 1. The number of esters is 1. The molecule has 0 unspecified atom stereocenters. The van der Waals surface area contributed by atoms with Crippen molar-refractivity contribution < 1.29 is 19.4 Å². The van der Waals surface area contributed by atoms with Crippen LogP contribution in [-0.2, 0) is 16.0 Å². The zero-order valence-corrected chi connectivity index (χ0v) is 9.77. The van der Waals surface area contributed by atoms with E-state index in [0.29, 0.717) is 0 Å².